The molecule has 0 aliphatic carbocycles. The minimum Gasteiger partial charge on any atom is -0.355 e. The first-order valence-electron chi connectivity index (χ1n) is 17.8. The quantitative estimate of drug-likeness (QED) is 0.179. The van der Waals surface area contributed by atoms with E-state index in [-0.39, 0.29) is 0 Å². The van der Waals surface area contributed by atoms with Crippen LogP contribution in [-0.2, 0) is 0 Å². The molecule has 0 aliphatic rings. The minimum atomic E-state index is 1.05. The molecular weight excluding hydrogens is 938 g/mol. The number of rotatable bonds is 2. The van der Waals surface area contributed by atoms with Gasteiger partial charge in [0.15, 0.2) is 0 Å². The van der Waals surface area contributed by atoms with Crippen LogP contribution >= 0.6 is 63.7 Å². The fourth-order valence-corrected chi connectivity index (χ4v) is 10.4. The minimum absolute atomic E-state index is 1.05. The summed E-state index contributed by atoms with van der Waals surface area (Å²) in [5.74, 6) is 0. The van der Waals surface area contributed by atoms with Gasteiger partial charge in [-0.3, -0.25) is 0 Å². The van der Waals surface area contributed by atoms with Crippen molar-refractivity contribution in [3.63, 3.8) is 0 Å². The molecule has 0 atom stereocenters. The molecule has 0 bridgehead atoms. The summed E-state index contributed by atoms with van der Waals surface area (Å²) in [6.07, 6.45) is 0. The predicted molar refractivity (Wildman–Crippen MR) is 248 cm³/mol. The van der Waals surface area contributed by atoms with E-state index in [4.69, 9.17) is 0 Å². The van der Waals surface area contributed by atoms with Crippen LogP contribution in [0.2, 0.25) is 0 Å². The van der Waals surface area contributed by atoms with Crippen LogP contribution in [0.3, 0.4) is 0 Å². The lowest BCUT2D eigenvalue weighted by Crippen LogP contribution is -1.99. The van der Waals surface area contributed by atoms with Crippen LogP contribution in [0, 0.1) is 0 Å². The van der Waals surface area contributed by atoms with E-state index >= 15 is 0 Å². The molecule has 11 aromatic rings. The van der Waals surface area contributed by atoms with E-state index in [2.05, 4.69) is 242 Å². The molecule has 11 rings (SSSR count). The molecule has 55 heavy (non-hydrogen) atoms. The average Bonchev–Trinajstić information content (AvgIpc) is 3.86. The first-order valence-corrected chi connectivity index (χ1v) is 20.9. The van der Waals surface area contributed by atoms with Gasteiger partial charge in [0, 0.05) is 72.6 Å². The lowest BCUT2D eigenvalue weighted by Gasteiger charge is -2.14. The topological polar surface area (TPSA) is 25.6 Å². The SMILES string of the molecule is Brc1cc(-n2c3ccccc3c3ccccc32)cc(-n2c3ccccc3c3ccccc32)c1.Brc1cc(Br)cc(Br)c1.c1ccc2c(c1)[nH]c1ccccc12. The second-order valence-corrected chi connectivity index (χ2v) is 16.9. The van der Waals surface area contributed by atoms with Crippen molar-refractivity contribution < 1.29 is 0 Å². The zero-order chi connectivity index (χ0) is 37.5. The van der Waals surface area contributed by atoms with Crippen molar-refractivity contribution in [2.45, 2.75) is 0 Å². The first-order chi connectivity index (χ1) is 26.9. The normalized spacial score (nSPS) is 11.3. The molecule has 3 heterocycles. The summed E-state index contributed by atoms with van der Waals surface area (Å²) in [4.78, 5) is 3.38. The number of nitrogens with one attached hydrogen (secondary N) is 1. The van der Waals surface area contributed by atoms with Crippen molar-refractivity contribution in [2.75, 3.05) is 0 Å². The molecule has 266 valence electrons. The molecule has 7 heteroatoms. The van der Waals surface area contributed by atoms with Crippen LogP contribution in [0.25, 0.3) is 76.8 Å². The van der Waals surface area contributed by atoms with Crippen LogP contribution in [0.1, 0.15) is 0 Å². The molecule has 0 fully saturated rings. The highest BCUT2D eigenvalue weighted by molar-refractivity contribution is 9.11. The third-order valence-corrected chi connectivity index (χ3v) is 11.6. The van der Waals surface area contributed by atoms with Crippen molar-refractivity contribution in [3.8, 4) is 11.4 Å². The number of H-pyrrole nitrogens is 1. The number of fused-ring (bicyclic) bond motifs is 9. The molecule has 0 saturated heterocycles. The third-order valence-electron chi connectivity index (χ3n) is 9.78. The number of para-hydroxylation sites is 6. The third kappa shape index (κ3) is 6.95. The molecule has 0 unspecified atom stereocenters. The zero-order valence-corrected chi connectivity index (χ0v) is 35.6. The Balaban J connectivity index is 0.000000147. The van der Waals surface area contributed by atoms with Gasteiger partial charge >= 0.3 is 0 Å². The van der Waals surface area contributed by atoms with Gasteiger partial charge in [0.05, 0.1) is 22.1 Å². The molecule has 3 nitrogen and oxygen atoms in total. The largest absolute Gasteiger partial charge is 0.355 e. The van der Waals surface area contributed by atoms with E-state index in [9.17, 15) is 0 Å². The monoisotopic (exact) mass is 965 g/mol. The summed E-state index contributed by atoms with van der Waals surface area (Å²) in [5, 5.41) is 7.69. The van der Waals surface area contributed by atoms with Crippen molar-refractivity contribution in [3.05, 3.63) is 200 Å². The van der Waals surface area contributed by atoms with Crippen LogP contribution in [0.5, 0.6) is 0 Å². The number of aromatic nitrogens is 3. The average molecular weight is 969 g/mol. The maximum Gasteiger partial charge on any atom is 0.0541 e. The van der Waals surface area contributed by atoms with Gasteiger partial charge in [0.2, 0.25) is 0 Å². The Morgan fingerprint density at radius 1 is 0.291 bits per heavy atom. The van der Waals surface area contributed by atoms with Gasteiger partial charge in [-0.1, -0.05) is 173 Å². The molecule has 0 radical (unpaired) electrons. The highest BCUT2D eigenvalue weighted by Gasteiger charge is 2.16. The molecule has 0 amide bonds. The van der Waals surface area contributed by atoms with E-state index < -0.39 is 0 Å². The standard InChI is InChI=1S/C30H19BrN2.C12H9N.C6H3Br3/c31-20-17-21(32-27-13-5-1-9-23(27)24-10-2-6-14-28(24)32)19-22(18-20)33-29-15-7-3-11-25(29)26-12-4-8-16-30(26)33;1-3-7-11-9(5-1)10-6-2-4-8-12(10)13-11;7-4-1-5(8)3-6(9)2-4/h1-19H;1-8,13H;1-3H. The number of halogens is 4. The highest BCUT2D eigenvalue weighted by atomic mass is 79.9. The molecule has 0 saturated carbocycles. The second-order valence-electron chi connectivity index (χ2n) is 13.2. The zero-order valence-electron chi connectivity index (χ0n) is 29.2. The fraction of sp³-hybridized carbons (Fsp3) is 0. The Morgan fingerprint density at radius 2 is 0.564 bits per heavy atom. The number of aromatic amines is 1. The van der Waals surface area contributed by atoms with Gasteiger partial charge < -0.3 is 14.1 Å². The molecule has 8 aromatic carbocycles. The number of hydrogen-bond donors (Lipinski definition) is 1. The summed E-state index contributed by atoms with van der Waals surface area (Å²) in [5.41, 5.74) is 9.55. The maximum absolute atomic E-state index is 3.81. The molecule has 0 aliphatic heterocycles. The smallest absolute Gasteiger partial charge is 0.0541 e. The first kappa shape index (κ1) is 35.8. The fourth-order valence-electron chi connectivity index (χ4n) is 7.54. The Labute approximate surface area is 351 Å². The number of benzene rings is 8. The Bertz CT molecular complexity index is 2830. The lowest BCUT2D eigenvalue weighted by atomic mass is 10.2. The lowest BCUT2D eigenvalue weighted by molar-refractivity contribution is 1.13. The summed E-state index contributed by atoms with van der Waals surface area (Å²) in [7, 11) is 0. The maximum atomic E-state index is 3.81. The van der Waals surface area contributed by atoms with E-state index in [0.29, 0.717) is 0 Å². The summed E-state index contributed by atoms with van der Waals surface area (Å²) in [6.45, 7) is 0. The summed E-state index contributed by atoms with van der Waals surface area (Å²) < 4.78 is 9.01. The van der Waals surface area contributed by atoms with Gasteiger partial charge in [-0.25, -0.2) is 0 Å². The van der Waals surface area contributed by atoms with Crippen LogP contribution < -0.4 is 0 Å². The van der Waals surface area contributed by atoms with Crippen molar-refractivity contribution in [1.29, 1.82) is 0 Å². The summed E-state index contributed by atoms with van der Waals surface area (Å²) in [6, 6.07) is 64.0. The summed E-state index contributed by atoms with van der Waals surface area (Å²) >= 11 is 13.9. The predicted octanol–water partition coefficient (Wildman–Crippen LogP) is 15.9. The van der Waals surface area contributed by atoms with Gasteiger partial charge in [-0.05, 0) is 72.8 Å². The van der Waals surface area contributed by atoms with Gasteiger partial charge in [-0.2, -0.15) is 0 Å². The molecular formula is C48H31Br4N3. The Morgan fingerprint density at radius 3 is 0.909 bits per heavy atom. The molecule has 3 aromatic heterocycles. The number of hydrogen-bond acceptors (Lipinski definition) is 0. The number of nitrogens with zero attached hydrogens (tertiary/aromatic N) is 2. The highest BCUT2D eigenvalue weighted by Crippen LogP contribution is 2.36. The van der Waals surface area contributed by atoms with E-state index in [1.165, 1.54) is 65.4 Å². The molecule has 1 N–H and O–H groups in total. The van der Waals surface area contributed by atoms with Crippen molar-refractivity contribution >= 4 is 129 Å². The van der Waals surface area contributed by atoms with Crippen LogP contribution in [0.15, 0.2) is 200 Å². The van der Waals surface area contributed by atoms with Crippen molar-refractivity contribution in [2.24, 2.45) is 0 Å². The van der Waals surface area contributed by atoms with E-state index in [1.807, 2.05) is 18.2 Å². The Kier molecular flexibility index (Phi) is 9.96. The van der Waals surface area contributed by atoms with Crippen LogP contribution in [-0.4, -0.2) is 14.1 Å². The van der Waals surface area contributed by atoms with Crippen molar-refractivity contribution in [1.82, 2.24) is 14.1 Å². The van der Waals surface area contributed by atoms with Crippen LogP contribution in [0.4, 0.5) is 0 Å². The second kappa shape index (κ2) is 15.3. The van der Waals surface area contributed by atoms with Gasteiger partial charge in [0.1, 0.15) is 0 Å². The molecule has 0 spiro atoms. The van der Waals surface area contributed by atoms with Gasteiger partial charge in [-0.15, -0.1) is 0 Å². The van der Waals surface area contributed by atoms with E-state index in [0.717, 1.165) is 29.3 Å². The van der Waals surface area contributed by atoms with Gasteiger partial charge in [0.25, 0.3) is 0 Å². The Hall–Kier alpha value is -4.92. The van der Waals surface area contributed by atoms with E-state index in [1.54, 1.807) is 0 Å².